The molecule has 0 spiro atoms. The number of nitrogens with one attached hydrogen (secondary N) is 2. The molecule has 0 bridgehead atoms. The zero-order chi connectivity index (χ0) is 24.0. The molecule has 1 saturated heterocycles. The minimum absolute atomic E-state index is 0.0802. The van der Waals surface area contributed by atoms with Crippen molar-refractivity contribution in [3.05, 3.63) is 64.5 Å². The first kappa shape index (κ1) is 22.1. The number of hydrogen-bond acceptors (Lipinski definition) is 5. The highest BCUT2D eigenvalue weighted by Gasteiger charge is 2.40. The van der Waals surface area contributed by atoms with Gasteiger partial charge in [0.25, 0.3) is 11.8 Å². The quantitative estimate of drug-likeness (QED) is 0.639. The lowest BCUT2D eigenvalue weighted by atomic mass is 10.0. The lowest BCUT2D eigenvalue weighted by Gasteiger charge is -2.29. The van der Waals surface area contributed by atoms with Crippen LogP contribution >= 0.6 is 0 Å². The van der Waals surface area contributed by atoms with E-state index >= 15 is 4.39 Å². The molecule has 1 aliphatic carbocycles. The second-order valence-electron chi connectivity index (χ2n) is 8.93. The molecular weight excluding hydrogens is 441 g/mol. The second-order valence-corrected chi connectivity index (χ2v) is 8.93. The highest BCUT2D eigenvalue weighted by molar-refractivity contribution is 6.06. The Hall–Kier alpha value is -3.75. The van der Waals surface area contributed by atoms with E-state index in [1.807, 2.05) is 24.3 Å². The van der Waals surface area contributed by atoms with Crippen LogP contribution in [-0.4, -0.2) is 40.7 Å². The standard InChI is InChI=1S/C25H24FN3O5/c1-13(14-2-4-15(5-3-14)34-16-6-7-16)27-23(31)18-9-8-17-19(22(18)26)12-29(25(17)33)20-10-11-21(30)28-24(20)32/h2-5,8-9,13,16,20H,6-7,10-12H2,1H3,(H,27,31)(H,28,30,32)/t13-,20?/m0/s1. The normalized spacial score (nSPS) is 20.6. The molecule has 3 aliphatic rings. The molecule has 0 radical (unpaired) electrons. The van der Waals surface area contributed by atoms with Gasteiger partial charge in [0.2, 0.25) is 11.8 Å². The van der Waals surface area contributed by atoms with E-state index in [9.17, 15) is 19.2 Å². The Labute approximate surface area is 195 Å². The topological polar surface area (TPSA) is 105 Å². The number of fused-ring (bicyclic) bond motifs is 1. The largest absolute Gasteiger partial charge is 0.490 e. The molecule has 9 heteroatoms. The van der Waals surface area contributed by atoms with E-state index < -0.39 is 35.5 Å². The van der Waals surface area contributed by atoms with Gasteiger partial charge in [0, 0.05) is 17.5 Å². The van der Waals surface area contributed by atoms with Gasteiger partial charge in [-0.3, -0.25) is 24.5 Å². The van der Waals surface area contributed by atoms with E-state index in [-0.39, 0.29) is 42.1 Å². The minimum atomic E-state index is -0.846. The van der Waals surface area contributed by atoms with Gasteiger partial charge in [0.05, 0.1) is 24.3 Å². The average Bonchev–Trinajstić information content (AvgIpc) is 3.56. The summed E-state index contributed by atoms with van der Waals surface area (Å²) in [7, 11) is 0. The molecule has 176 valence electrons. The van der Waals surface area contributed by atoms with Crippen molar-refractivity contribution in [1.82, 2.24) is 15.5 Å². The van der Waals surface area contributed by atoms with Crippen LogP contribution in [0, 0.1) is 5.82 Å². The zero-order valence-corrected chi connectivity index (χ0v) is 18.6. The smallest absolute Gasteiger partial charge is 0.255 e. The van der Waals surface area contributed by atoms with Crippen LogP contribution < -0.4 is 15.4 Å². The molecule has 2 aromatic rings. The molecule has 34 heavy (non-hydrogen) atoms. The number of halogens is 1. The predicted octanol–water partition coefficient (Wildman–Crippen LogP) is 2.62. The summed E-state index contributed by atoms with van der Waals surface area (Å²) in [5.41, 5.74) is 0.879. The van der Waals surface area contributed by atoms with Gasteiger partial charge in [-0.1, -0.05) is 12.1 Å². The second kappa shape index (κ2) is 8.55. The molecule has 1 unspecified atom stereocenters. The number of carbonyl (C=O) groups excluding carboxylic acids is 4. The Bertz CT molecular complexity index is 1190. The van der Waals surface area contributed by atoms with Crippen molar-refractivity contribution < 1.29 is 28.3 Å². The number of carbonyl (C=O) groups is 4. The third kappa shape index (κ3) is 4.13. The van der Waals surface area contributed by atoms with Crippen LogP contribution in [-0.2, 0) is 16.1 Å². The zero-order valence-electron chi connectivity index (χ0n) is 18.6. The van der Waals surface area contributed by atoms with Crippen LogP contribution in [0.25, 0.3) is 0 Å². The molecule has 1 saturated carbocycles. The molecular formula is C25H24FN3O5. The van der Waals surface area contributed by atoms with Crippen molar-refractivity contribution in [3.63, 3.8) is 0 Å². The predicted molar refractivity (Wildman–Crippen MR) is 118 cm³/mol. The van der Waals surface area contributed by atoms with Gasteiger partial charge in [-0.2, -0.15) is 0 Å². The summed E-state index contributed by atoms with van der Waals surface area (Å²) in [5.74, 6) is -2.05. The van der Waals surface area contributed by atoms with Crippen LogP contribution in [0.15, 0.2) is 36.4 Å². The van der Waals surface area contributed by atoms with Crippen LogP contribution in [0.5, 0.6) is 5.75 Å². The molecule has 4 amide bonds. The first-order chi connectivity index (χ1) is 16.3. The molecule has 2 heterocycles. The van der Waals surface area contributed by atoms with Crippen LogP contribution in [0.3, 0.4) is 0 Å². The number of imide groups is 1. The summed E-state index contributed by atoms with van der Waals surface area (Å²) in [4.78, 5) is 50.5. The molecule has 5 rings (SSSR count). The summed E-state index contributed by atoms with van der Waals surface area (Å²) >= 11 is 0. The lowest BCUT2D eigenvalue weighted by Crippen LogP contribution is -2.52. The number of ether oxygens (including phenoxy) is 1. The average molecular weight is 465 g/mol. The lowest BCUT2D eigenvalue weighted by molar-refractivity contribution is -0.136. The van der Waals surface area contributed by atoms with E-state index in [0.29, 0.717) is 6.10 Å². The van der Waals surface area contributed by atoms with Crippen LogP contribution in [0.1, 0.15) is 70.5 Å². The van der Waals surface area contributed by atoms with Crippen LogP contribution in [0.2, 0.25) is 0 Å². The number of rotatable bonds is 6. The monoisotopic (exact) mass is 465 g/mol. The Morgan fingerprint density at radius 2 is 1.85 bits per heavy atom. The fourth-order valence-corrected chi connectivity index (χ4v) is 4.35. The Morgan fingerprint density at radius 1 is 1.12 bits per heavy atom. The minimum Gasteiger partial charge on any atom is -0.490 e. The fraction of sp³-hybridized carbons (Fsp3) is 0.360. The van der Waals surface area contributed by atoms with E-state index in [0.717, 1.165) is 24.2 Å². The van der Waals surface area contributed by atoms with Gasteiger partial charge < -0.3 is 15.0 Å². The maximum Gasteiger partial charge on any atom is 0.255 e. The van der Waals surface area contributed by atoms with Crippen molar-refractivity contribution in [2.75, 3.05) is 0 Å². The molecule has 2 N–H and O–H groups in total. The number of amides is 4. The first-order valence-electron chi connectivity index (χ1n) is 11.4. The SMILES string of the molecule is C[C@H](NC(=O)c1ccc2c(c1F)CN(C1CCC(=O)NC1=O)C2=O)c1ccc(OC2CC2)cc1. The highest BCUT2D eigenvalue weighted by atomic mass is 19.1. The van der Waals surface area contributed by atoms with Gasteiger partial charge in [-0.25, -0.2) is 4.39 Å². The van der Waals surface area contributed by atoms with E-state index in [2.05, 4.69) is 10.6 Å². The van der Waals surface area contributed by atoms with Crippen molar-refractivity contribution in [2.24, 2.45) is 0 Å². The number of piperidine rings is 1. The third-order valence-corrected chi connectivity index (χ3v) is 6.45. The van der Waals surface area contributed by atoms with E-state index in [1.54, 1.807) is 6.92 Å². The van der Waals surface area contributed by atoms with Crippen molar-refractivity contribution >= 4 is 23.6 Å². The molecule has 2 fully saturated rings. The van der Waals surface area contributed by atoms with Crippen molar-refractivity contribution in [2.45, 2.75) is 57.3 Å². The van der Waals surface area contributed by atoms with Gasteiger partial charge in [0.15, 0.2) is 0 Å². The maximum atomic E-state index is 15.3. The van der Waals surface area contributed by atoms with Crippen LogP contribution in [0.4, 0.5) is 4.39 Å². The number of nitrogens with zero attached hydrogens (tertiary/aromatic N) is 1. The maximum absolute atomic E-state index is 15.3. The van der Waals surface area contributed by atoms with Crippen molar-refractivity contribution in [3.8, 4) is 5.75 Å². The van der Waals surface area contributed by atoms with Gasteiger partial charge in [0.1, 0.15) is 17.6 Å². The Balaban J connectivity index is 1.29. The Kier molecular flexibility index (Phi) is 5.55. The van der Waals surface area contributed by atoms with Gasteiger partial charge in [-0.05, 0) is 56.0 Å². The molecule has 8 nitrogen and oxygen atoms in total. The van der Waals surface area contributed by atoms with Gasteiger partial charge in [-0.15, -0.1) is 0 Å². The van der Waals surface area contributed by atoms with Gasteiger partial charge >= 0.3 is 0 Å². The summed E-state index contributed by atoms with van der Waals surface area (Å²) < 4.78 is 21.1. The summed E-state index contributed by atoms with van der Waals surface area (Å²) in [6, 6.07) is 8.89. The first-order valence-corrected chi connectivity index (χ1v) is 11.4. The number of hydrogen-bond donors (Lipinski definition) is 2. The third-order valence-electron chi connectivity index (χ3n) is 6.45. The fourth-order valence-electron chi connectivity index (χ4n) is 4.35. The molecule has 0 aromatic heterocycles. The highest BCUT2D eigenvalue weighted by Crippen LogP contribution is 2.31. The van der Waals surface area contributed by atoms with E-state index in [1.165, 1.54) is 17.0 Å². The Morgan fingerprint density at radius 3 is 2.53 bits per heavy atom. The molecule has 2 aromatic carbocycles. The molecule has 2 aliphatic heterocycles. The summed E-state index contributed by atoms with van der Waals surface area (Å²) in [6.45, 7) is 1.67. The molecule has 2 atom stereocenters. The van der Waals surface area contributed by atoms with Crippen molar-refractivity contribution in [1.29, 1.82) is 0 Å². The summed E-state index contributed by atoms with van der Waals surface area (Å²) in [5, 5.41) is 5.01. The summed E-state index contributed by atoms with van der Waals surface area (Å²) in [6.07, 6.45) is 2.72. The van der Waals surface area contributed by atoms with E-state index in [4.69, 9.17) is 4.74 Å². The number of benzene rings is 2.